The lowest BCUT2D eigenvalue weighted by atomic mass is 10.0. The van der Waals surface area contributed by atoms with Gasteiger partial charge in [0.15, 0.2) is 0 Å². The number of ether oxygens (including phenoxy) is 3. The molecule has 1 aromatic heterocycles. The zero-order chi connectivity index (χ0) is 16.7. The molecular formula is C14H16N2O6. The highest BCUT2D eigenvalue weighted by molar-refractivity contribution is 5.99. The fourth-order valence-corrected chi connectivity index (χ4v) is 1.91. The number of nitrogens with zero attached hydrogens (tertiary/aromatic N) is 1. The number of H-pyrrole nitrogens is 1. The van der Waals surface area contributed by atoms with Crippen LogP contribution in [0.2, 0.25) is 0 Å². The summed E-state index contributed by atoms with van der Waals surface area (Å²) in [7, 11) is 2.40. The zero-order valence-corrected chi connectivity index (χ0v) is 12.5. The number of carbonyl (C=O) groups excluding carboxylic acids is 3. The molecule has 0 unspecified atom stereocenters. The Morgan fingerprint density at radius 3 is 2.36 bits per heavy atom. The van der Waals surface area contributed by atoms with Crippen molar-refractivity contribution in [3.8, 4) is 6.07 Å². The number of nitriles is 1. The summed E-state index contributed by atoms with van der Waals surface area (Å²) in [4.78, 5) is 37.6. The summed E-state index contributed by atoms with van der Waals surface area (Å²) in [5.41, 5.74) is -0.0226. The second-order valence-corrected chi connectivity index (χ2v) is 4.13. The minimum atomic E-state index is -0.745. The van der Waals surface area contributed by atoms with Crippen molar-refractivity contribution in [3.63, 3.8) is 0 Å². The number of hydrogen-bond acceptors (Lipinski definition) is 7. The van der Waals surface area contributed by atoms with Gasteiger partial charge in [0.1, 0.15) is 17.5 Å². The predicted octanol–water partition coefficient (Wildman–Crippen LogP) is 0.955. The SMILES string of the molecule is CCOC(=O)c1c(C#N)[nH]c(C(=O)OC)c1CCC(=O)OC. The molecule has 1 aromatic rings. The molecule has 118 valence electrons. The van der Waals surface area contributed by atoms with E-state index < -0.39 is 17.9 Å². The molecule has 0 spiro atoms. The van der Waals surface area contributed by atoms with Crippen molar-refractivity contribution in [2.24, 2.45) is 0 Å². The average Bonchev–Trinajstić information content (AvgIpc) is 2.90. The standard InChI is InChI=1S/C14H16N2O6/c1-4-22-13(18)11-8(5-6-10(17)20-2)12(14(19)21-3)16-9(11)7-15/h16H,4-6H2,1-3H3. The summed E-state index contributed by atoms with van der Waals surface area (Å²) in [5, 5.41) is 9.12. The van der Waals surface area contributed by atoms with Gasteiger partial charge >= 0.3 is 17.9 Å². The minimum Gasteiger partial charge on any atom is -0.469 e. The number of methoxy groups -OCH3 is 2. The van der Waals surface area contributed by atoms with E-state index in [1.165, 1.54) is 14.2 Å². The summed E-state index contributed by atoms with van der Waals surface area (Å²) >= 11 is 0. The van der Waals surface area contributed by atoms with Crippen LogP contribution in [0.4, 0.5) is 0 Å². The number of esters is 3. The van der Waals surface area contributed by atoms with Crippen LogP contribution in [-0.4, -0.2) is 43.7 Å². The van der Waals surface area contributed by atoms with Crippen LogP contribution in [0.3, 0.4) is 0 Å². The maximum absolute atomic E-state index is 12.0. The van der Waals surface area contributed by atoms with Gasteiger partial charge in [-0.3, -0.25) is 4.79 Å². The number of carbonyl (C=O) groups is 3. The third kappa shape index (κ3) is 3.63. The van der Waals surface area contributed by atoms with Gasteiger partial charge in [0, 0.05) is 12.0 Å². The number of hydrogen-bond donors (Lipinski definition) is 1. The normalized spacial score (nSPS) is 9.73. The third-order valence-electron chi connectivity index (χ3n) is 2.89. The first kappa shape index (κ1) is 17.2. The van der Waals surface area contributed by atoms with Crippen molar-refractivity contribution in [1.82, 2.24) is 4.98 Å². The fourth-order valence-electron chi connectivity index (χ4n) is 1.91. The summed E-state index contributed by atoms with van der Waals surface area (Å²) in [6.45, 7) is 1.73. The molecule has 8 heteroatoms. The second kappa shape index (κ2) is 7.83. The molecule has 0 saturated heterocycles. The first-order chi connectivity index (χ1) is 10.5. The van der Waals surface area contributed by atoms with Crippen molar-refractivity contribution < 1.29 is 28.6 Å². The highest BCUT2D eigenvalue weighted by Gasteiger charge is 2.28. The largest absolute Gasteiger partial charge is 0.469 e. The van der Waals surface area contributed by atoms with Gasteiger partial charge in [0.2, 0.25) is 0 Å². The van der Waals surface area contributed by atoms with E-state index in [0.29, 0.717) is 0 Å². The molecule has 0 radical (unpaired) electrons. The van der Waals surface area contributed by atoms with Gasteiger partial charge in [0.25, 0.3) is 0 Å². The van der Waals surface area contributed by atoms with Crippen LogP contribution >= 0.6 is 0 Å². The molecule has 0 fully saturated rings. The van der Waals surface area contributed by atoms with Crippen molar-refractivity contribution in [2.75, 3.05) is 20.8 Å². The van der Waals surface area contributed by atoms with Crippen molar-refractivity contribution in [3.05, 3.63) is 22.5 Å². The molecule has 0 atom stereocenters. The Kier molecular flexibility index (Phi) is 6.13. The number of nitrogens with one attached hydrogen (secondary N) is 1. The van der Waals surface area contributed by atoms with E-state index in [9.17, 15) is 14.4 Å². The first-order valence-corrected chi connectivity index (χ1v) is 6.47. The van der Waals surface area contributed by atoms with Crippen LogP contribution < -0.4 is 0 Å². The molecule has 0 aliphatic rings. The van der Waals surface area contributed by atoms with E-state index in [1.807, 2.05) is 0 Å². The van der Waals surface area contributed by atoms with E-state index in [0.717, 1.165) is 0 Å². The quantitative estimate of drug-likeness (QED) is 0.614. The summed E-state index contributed by atoms with van der Waals surface area (Å²) in [6.07, 6.45) is -0.0287. The maximum Gasteiger partial charge on any atom is 0.354 e. The summed E-state index contributed by atoms with van der Waals surface area (Å²) in [6, 6.07) is 1.80. The zero-order valence-electron chi connectivity index (χ0n) is 12.5. The number of rotatable bonds is 6. The van der Waals surface area contributed by atoms with Gasteiger partial charge in [-0.2, -0.15) is 5.26 Å². The van der Waals surface area contributed by atoms with Crippen LogP contribution in [0, 0.1) is 11.3 Å². The molecule has 0 aromatic carbocycles. The van der Waals surface area contributed by atoms with Crippen molar-refractivity contribution in [2.45, 2.75) is 19.8 Å². The topological polar surface area (TPSA) is 118 Å². The number of aromatic nitrogens is 1. The molecule has 1 rings (SSSR count). The highest BCUT2D eigenvalue weighted by atomic mass is 16.5. The molecule has 8 nitrogen and oxygen atoms in total. The first-order valence-electron chi connectivity index (χ1n) is 6.47. The Hall–Kier alpha value is -2.82. The van der Waals surface area contributed by atoms with Gasteiger partial charge < -0.3 is 19.2 Å². The maximum atomic E-state index is 12.0. The van der Waals surface area contributed by atoms with Crippen LogP contribution in [0.25, 0.3) is 0 Å². The predicted molar refractivity (Wildman–Crippen MR) is 73.1 cm³/mol. The molecule has 0 aliphatic heterocycles. The third-order valence-corrected chi connectivity index (χ3v) is 2.89. The Labute approximate surface area is 127 Å². The van der Waals surface area contributed by atoms with Crippen LogP contribution in [0.5, 0.6) is 0 Å². The van der Waals surface area contributed by atoms with Crippen LogP contribution in [0.15, 0.2) is 0 Å². The molecule has 0 aliphatic carbocycles. The average molecular weight is 308 g/mol. The Balaban J connectivity index is 3.34. The molecule has 0 bridgehead atoms. The fraction of sp³-hybridized carbons (Fsp3) is 0.429. The molecule has 0 amide bonds. The number of aromatic amines is 1. The minimum absolute atomic E-state index is 0.0312. The van der Waals surface area contributed by atoms with E-state index in [4.69, 9.17) is 10.00 Å². The Morgan fingerprint density at radius 1 is 1.18 bits per heavy atom. The molecule has 1 heterocycles. The van der Waals surface area contributed by atoms with Crippen molar-refractivity contribution >= 4 is 17.9 Å². The van der Waals surface area contributed by atoms with Crippen LogP contribution in [-0.2, 0) is 25.4 Å². The van der Waals surface area contributed by atoms with Gasteiger partial charge in [0.05, 0.1) is 26.4 Å². The van der Waals surface area contributed by atoms with E-state index in [1.54, 1.807) is 13.0 Å². The molecule has 1 N–H and O–H groups in total. The lowest BCUT2D eigenvalue weighted by Crippen LogP contribution is -2.12. The molecule has 22 heavy (non-hydrogen) atoms. The van der Waals surface area contributed by atoms with Gasteiger partial charge in [-0.25, -0.2) is 9.59 Å². The van der Waals surface area contributed by atoms with Gasteiger partial charge in [-0.15, -0.1) is 0 Å². The lowest BCUT2D eigenvalue weighted by Gasteiger charge is -2.06. The van der Waals surface area contributed by atoms with Gasteiger partial charge in [-0.05, 0) is 13.3 Å². The highest BCUT2D eigenvalue weighted by Crippen LogP contribution is 2.23. The summed E-state index contributed by atoms with van der Waals surface area (Å²) in [5.74, 6) is -2.00. The Bertz CT molecular complexity index is 626. The second-order valence-electron chi connectivity index (χ2n) is 4.13. The van der Waals surface area contributed by atoms with Crippen molar-refractivity contribution in [1.29, 1.82) is 5.26 Å². The van der Waals surface area contributed by atoms with E-state index in [2.05, 4.69) is 14.5 Å². The van der Waals surface area contributed by atoms with Gasteiger partial charge in [-0.1, -0.05) is 0 Å². The van der Waals surface area contributed by atoms with E-state index in [-0.39, 0.29) is 42.0 Å². The Morgan fingerprint density at radius 2 is 1.86 bits per heavy atom. The smallest absolute Gasteiger partial charge is 0.354 e. The van der Waals surface area contributed by atoms with Crippen LogP contribution in [0.1, 0.15) is 45.4 Å². The summed E-state index contributed by atoms with van der Waals surface area (Å²) < 4.78 is 14.0. The lowest BCUT2D eigenvalue weighted by molar-refractivity contribution is -0.140. The molecular weight excluding hydrogens is 292 g/mol. The monoisotopic (exact) mass is 308 g/mol. The van der Waals surface area contributed by atoms with E-state index >= 15 is 0 Å². The molecule has 0 saturated carbocycles.